The number of aromatic amines is 1. The summed E-state index contributed by atoms with van der Waals surface area (Å²) in [6.07, 6.45) is -0.0261. The van der Waals surface area contributed by atoms with Crippen LogP contribution in [-0.2, 0) is 6.18 Å². The monoisotopic (exact) mass is 493 g/mol. The SMILES string of the molecule is Cc1cc(C2CCC2)c(-c2n[nH]c(C(F)(F)F)n2)cc1C(=O)N1CCC(c2ccc(C#N)cc2)CC1. The van der Waals surface area contributed by atoms with Crippen LogP contribution in [0, 0.1) is 18.3 Å². The molecule has 3 aromatic rings. The molecule has 0 radical (unpaired) electrons. The summed E-state index contributed by atoms with van der Waals surface area (Å²) in [4.78, 5) is 19.1. The van der Waals surface area contributed by atoms with Gasteiger partial charge in [0.05, 0.1) is 11.6 Å². The van der Waals surface area contributed by atoms with E-state index in [0.717, 1.165) is 48.8 Å². The van der Waals surface area contributed by atoms with Gasteiger partial charge in [-0.25, -0.2) is 4.98 Å². The molecular formula is C27H26F3N5O. The second kappa shape index (κ2) is 9.41. The maximum absolute atomic E-state index is 13.5. The number of aromatic nitrogens is 3. The molecule has 1 amide bonds. The van der Waals surface area contributed by atoms with E-state index < -0.39 is 12.0 Å². The number of rotatable bonds is 4. The van der Waals surface area contributed by atoms with Crippen molar-refractivity contribution in [1.29, 1.82) is 5.26 Å². The van der Waals surface area contributed by atoms with Crippen LogP contribution in [0.25, 0.3) is 11.4 Å². The second-order valence-electron chi connectivity index (χ2n) is 9.69. The molecule has 0 unspecified atom stereocenters. The Hall–Kier alpha value is -3.67. The van der Waals surface area contributed by atoms with E-state index in [2.05, 4.69) is 16.2 Å². The van der Waals surface area contributed by atoms with E-state index in [1.165, 1.54) is 0 Å². The third kappa shape index (κ3) is 4.60. The number of aryl methyl sites for hydroxylation is 1. The molecule has 0 atom stereocenters. The van der Waals surface area contributed by atoms with Crippen LogP contribution in [0.3, 0.4) is 0 Å². The molecule has 1 aliphatic heterocycles. The van der Waals surface area contributed by atoms with Crippen LogP contribution in [0.2, 0.25) is 0 Å². The highest BCUT2D eigenvalue weighted by Gasteiger charge is 2.36. The molecule has 1 aliphatic carbocycles. The molecule has 1 N–H and O–H groups in total. The third-order valence-corrected chi connectivity index (χ3v) is 7.46. The smallest absolute Gasteiger partial charge is 0.339 e. The van der Waals surface area contributed by atoms with Crippen molar-refractivity contribution in [3.05, 3.63) is 70.0 Å². The first kappa shape index (κ1) is 24.0. The van der Waals surface area contributed by atoms with Gasteiger partial charge in [0.2, 0.25) is 5.82 Å². The summed E-state index contributed by atoms with van der Waals surface area (Å²) >= 11 is 0. The number of hydrogen-bond donors (Lipinski definition) is 1. The molecule has 0 bridgehead atoms. The molecule has 6 nitrogen and oxygen atoms in total. The van der Waals surface area contributed by atoms with Gasteiger partial charge in [0, 0.05) is 24.2 Å². The Bertz CT molecular complexity index is 1310. The zero-order valence-corrected chi connectivity index (χ0v) is 19.9. The molecule has 5 rings (SSSR count). The highest BCUT2D eigenvalue weighted by Crippen LogP contribution is 2.42. The van der Waals surface area contributed by atoms with E-state index >= 15 is 0 Å². The maximum Gasteiger partial charge on any atom is 0.451 e. The molecule has 1 saturated heterocycles. The Kier molecular flexibility index (Phi) is 6.29. The van der Waals surface area contributed by atoms with Gasteiger partial charge in [-0.05, 0) is 79.3 Å². The standard InChI is InChI=1S/C27H26F3N5O/c1-16-13-22(20-3-2-4-20)23(24-32-26(34-33-24)27(28,29)30)14-21(16)25(36)35-11-9-19(10-12-35)18-7-5-17(15-31)6-8-18/h5-8,13-14,19-20H,2-4,9-12H2,1H3,(H,32,33,34). The number of amides is 1. The van der Waals surface area contributed by atoms with Gasteiger partial charge in [-0.3, -0.25) is 9.89 Å². The number of hydrogen-bond acceptors (Lipinski definition) is 4. The summed E-state index contributed by atoms with van der Waals surface area (Å²) in [5.41, 5.74) is 4.47. The second-order valence-corrected chi connectivity index (χ2v) is 9.69. The minimum atomic E-state index is -4.62. The predicted molar refractivity (Wildman–Crippen MR) is 127 cm³/mol. The number of likely N-dealkylation sites (tertiary alicyclic amines) is 1. The summed E-state index contributed by atoms with van der Waals surface area (Å²) in [5, 5.41) is 14.9. The molecular weight excluding hydrogens is 467 g/mol. The van der Waals surface area contributed by atoms with Gasteiger partial charge in [-0.2, -0.15) is 23.5 Å². The number of nitriles is 1. The molecule has 2 aliphatic rings. The Labute approximate surface area is 207 Å². The number of H-pyrrole nitrogens is 1. The van der Waals surface area contributed by atoms with Crippen LogP contribution in [0.15, 0.2) is 36.4 Å². The number of nitrogens with one attached hydrogen (secondary N) is 1. The average molecular weight is 494 g/mol. The quantitative estimate of drug-likeness (QED) is 0.486. The number of carbonyl (C=O) groups excluding carboxylic acids is 1. The lowest BCUT2D eigenvalue weighted by Gasteiger charge is -2.33. The van der Waals surface area contributed by atoms with E-state index in [-0.39, 0.29) is 17.6 Å². The van der Waals surface area contributed by atoms with Crippen molar-refractivity contribution >= 4 is 5.91 Å². The van der Waals surface area contributed by atoms with Crippen LogP contribution in [-0.4, -0.2) is 39.1 Å². The molecule has 36 heavy (non-hydrogen) atoms. The topological polar surface area (TPSA) is 85.7 Å². The number of alkyl halides is 3. The molecule has 0 spiro atoms. The highest BCUT2D eigenvalue weighted by molar-refractivity contribution is 5.97. The summed E-state index contributed by atoms with van der Waals surface area (Å²) in [6.45, 7) is 3.05. The predicted octanol–water partition coefficient (Wildman–Crippen LogP) is 5.96. The average Bonchev–Trinajstić information content (AvgIpc) is 3.34. The van der Waals surface area contributed by atoms with Crippen molar-refractivity contribution in [1.82, 2.24) is 20.1 Å². The number of piperidine rings is 1. The van der Waals surface area contributed by atoms with Crippen molar-refractivity contribution < 1.29 is 18.0 Å². The Morgan fingerprint density at radius 2 is 1.78 bits per heavy atom. The van der Waals surface area contributed by atoms with Crippen molar-refractivity contribution in [3.63, 3.8) is 0 Å². The largest absolute Gasteiger partial charge is 0.451 e. The van der Waals surface area contributed by atoms with E-state index in [1.54, 1.807) is 6.07 Å². The first-order chi connectivity index (χ1) is 17.2. The van der Waals surface area contributed by atoms with Crippen molar-refractivity contribution in [3.8, 4) is 17.5 Å². The lowest BCUT2D eigenvalue weighted by Crippen LogP contribution is -2.38. The fourth-order valence-corrected chi connectivity index (χ4v) is 5.14. The van der Waals surface area contributed by atoms with Crippen LogP contribution in [0.4, 0.5) is 13.2 Å². The van der Waals surface area contributed by atoms with Crippen LogP contribution in [0.1, 0.15) is 82.4 Å². The minimum absolute atomic E-state index is 0.0298. The van der Waals surface area contributed by atoms with Crippen molar-refractivity contribution in [2.45, 2.75) is 57.0 Å². The molecule has 1 aromatic heterocycles. The third-order valence-electron chi connectivity index (χ3n) is 7.46. The van der Waals surface area contributed by atoms with E-state index in [4.69, 9.17) is 5.26 Å². The van der Waals surface area contributed by atoms with Gasteiger partial charge in [0.15, 0.2) is 5.82 Å². The molecule has 2 heterocycles. The van der Waals surface area contributed by atoms with Gasteiger partial charge in [-0.1, -0.05) is 24.6 Å². The Morgan fingerprint density at radius 3 is 2.33 bits per heavy atom. The summed E-state index contributed by atoms with van der Waals surface area (Å²) < 4.78 is 39.5. The van der Waals surface area contributed by atoms with Gasteiger partial charge in [0.25, 0.3) is 5.91 Å². The zero-order chi connectivity index (χ0) is 25.4. The van der Waals surface area contributed by atoms with E-state index in [1.807, 2.05) is 47.3 Å². The van der Waals surface area contributed by atoms with Gasteiger partial charge in [-0.15, -0.1) is 0 Å². The number of halogens is 3. The van der Waals surface area contributed by atoms with Crippen LogP contribution in [0.5, 0.6) is 0 Å². The van der Waals surface area contributed by atoms with Crippen LogP contribution >= 0.6 is 0 Å². The van der Waals surface area contributed by atoms with Gasteiger partial charge < -0.3 is 4.90 Å². The van der Waals surface area contributed by atoms with Gasteiger partial charge >= 0.3 is 6.18 Å². The maximum atomic E-state index is 13.5. The highest BCUT2D eigenvalue weighted by atomic mass is 19.4. The fourth-order valence-electron chi connectivity index (χ4n) is 5.14. The van der Waals surface area contributed by atoms with Crippen molar-refractivity contribution in [2.24, 2.45) is 0 Å². The first-order valence-corrected chi connectivity index (χ1v) is 12.2. The number of carbonyl (C=O) groups is 1. The summed E-state index contributed by atoms with van der Waals surface area (Å²) in [6, 6.07) is 13.3. The normalized spacial score (nSPS) is 17.0. The minimum Gasteiger partial charge on any atom is -0.339 e. The Morgan fingerprint density at radius 1 is 1.08 bits per heavy atom. The van der Waals surface area contributed by atoms with Crippen molar-refractivity contribution in [2.75, 3.05) is 13.1 Å². The van der Waals surface area contributed by atoms with E-state index in [0.29, 0.717) is 35.7 Å². The van der Waals surface area contributed by atoms with Crippen LogP contribution < -0.4 is 0 Å². The summed E-state index contributed by atoms with van der Waals surface area (Å²) in [5.74, 6) is -0.751. The Balaban J connectivity index is 1.39. The van der Waals surface area contributed by atoms with E-state index in [9.17, 15) is 18.0 Å². The lowest BCUT2D eigenvalue weighted by atomic mass is 9.77. The molecule has 9 heteroatoms. The lowest BCUT2D eigenvalue weighted by molar-refractivity contribution is -0.144. The molecule has 186 valence electrons. The number of benzene rings is 2. The number of nitrogens with zero attached hydrogens (tertiary/aromatic N) is 4. The molecule has 2 fully saturated rings. The van der Waals surface area contributed by atoms with Gasteiger partial charge in [0.1, 0.15) is 0 Å². The summed E-state index contributed by atoms with van der Waals surface area (Å²) in [7, 11) is 0. The zero-order valence-electron chi connectivity index (χ0n) is 19.9. The molecule has 2 aromatic carbocycles. The molecule has 1 saturated carbocycles. The fraction of sp³-hybridized carbons (Fsp3) is 0.407. The first-order valence-electron chi connectivity index (χ1n) is 12.2.